The topological polar surface area (TPSA) is 73.3 Å². The number of piperazine rings is 1. The lowest BCUT2D eigenvalue weighted by molar-refractivity contribution is -0.122. The van der Waals surface area contributed by atoms with Gasteiger partial charge in [-0.15, -0.1) is 0 Å². The Morgan fingerprint density at radius 2 is 1.47 bits per heavy atom. The molecule has 3 aromatic rings. The summed E-state index contributed by atoms with van der Waals surface area (Å²) in [4.78, 5) is 28.6. The number of hydrogen-bond donors (Lipinski definition) is 1. The van der Waals surface area contributed by atoms with Crippen LogP contribution in [0.15, 0.2) is 66.7 Å². The maximum atomic E-state index is 13.2. The van der Waals surface area contributed by atoms with E-state index in [2.05, 4.69) is 46.2 Å². The van der Waals surface area contributed by atoms with Crippen LogP contribution in [-0.4, -0.2) is 91.2 Å². The monoisotopic (exact) mass is 517 g/mol. The van der Waals surface area contributed by atoms with E-state index in [-0.39, 0.29) is 12.4 Å². The highest BCUT2D eigenvalue weighted by Crippen LogP contribution is 2.21. The van der Waals surface area contributed by atoms with E-state index in [1.807, 2.05) is 35.2 Å². The Labute approximate surface area is 225 Å². The van der Waals surface area contributed by atoms with Crippen molar-refractivity contribution >= 4 is 23.2 Å². The van der Waals surface area contributed by atoms with Crippen LogP contribution in [0.4, 0.5) is 0 Å². The SMILES string of the molecule is O=C(c1cccc2ccccc12)N1CCN(CCc2ccc(OCCCN3CCCC3)cc2)CC1.O=CO. The van der Waals surface area contributed by atoms with Crippen molar-refractivity contribution in [1.29, 1.82) is 0 Å². The standard InChI is InChI=1S/C30H37N3O2.CH2O2/c34-30(29-10-5-8-26-7-1-2-9-28(26)29)33-22-20-32(21-23-33)19-15-25-11-13-27(14-12-25)35-24-6-18-31-16-3-4-17-31;2-1-3/h1-2,5,7-14H,3-4,6,15-24H2;1H,(H,2,3). The van der Waals surface area contributed by atoms with Crippen LogP contribution in [0.2, 0.25) is 0 Å². The quantitative estimate of drug-likeness (QED) is 0.335. The Morgan fingerprint density at radius 1 is 0.816 bits per heavy atom. The molecule has 38 heavy (non-hydrogen) atoms. The zero-order valence-electron chi connectivity index (χ0n) is 22.1. The first-order chi connectivity index (χ1) is 18.7. The van der Waals surface area contributed by atoms with Gasteiger partial charge in [-0.25, -0.2) is 0 Å². The lowest BCUT2D eigenvalue weighted by atomic mass is 10.0. The smallest absolute Gasteiger partial charge is 0.290 e. The molecule has 202 valence electrons. The van der Waals surface area contributed by atoms with Gasteiger partial charge < -0.3 is 19.6 Å². The highest BCUT2D eigenvalue weighted by molar-refractivity contribution is 6.07. The van der Waals surface area contributed by atoms with E-state index in [1.54, 1.807) is 0 Å². The first-order valence-electron chi connectivity index (χ1n) is 13.7. The van der Waals surface area contributed by atoms with Gasteiger partial charge in [0.25, 0.3) is 12.4 Å². The molecule has 2 heterocycles. The molecule has 0 unspecified atom stereocenters. The fraction of sp³-hybridized carbons (Fsp3) is 0.419. The molecule has 0 atom stereocenters. The number of ether oxygens (including phenoxy) is 1. The minimum absolute atomic E-state index is 0.150. The molecule has 0 radical (unpaired) electrons. The minimum Gasteiger partial charge on any atom is -0.494 e. The van der Waals surface area contributed by atoms with Crippen molar-refractivity contribution in [3.05, 3.63) is 77.9 Å². The summed E-state index contributed by atoms with van der Waals surface area (Å²) >= 11 is 0. The first-order valence-corrected chi connectivity index (χ1v) is 13.7. The van der Waals surface area contributed by atoms with Crippen molar-refractivity contribution in [3.63, 3.8) is 0 Å². The predicted molar refractivity (Wildman–Crippen MR) is 151 cm³/mol. The lowest BCUT2D eigenvalue weighted by Crippen LogP contribution is -2.49. The van der Waals surface area contributed by atoms with Crippen LogP contribution in [0.5, 0.6) is 5.75 Å². The van der Waals surface area contributed by atoms with Gasteiger partial charge in [0.1, 0.15) is 5.75 Å². The molecule has 1 N–H and O–H groups in total. The molecule has 2 fully saturated rings. The Bertz CT molecular complexity index is 1150. The van der Waals surface area contributed by atoms with Gasteiger partial charge in [0, 0.05) is 44.8 Å². The highest BCUT2D eigenvalue weighted by atomic mass is 16.5. The Kier molecular flexibility index (Phi) is 10.5. The minimum atomic E-state index is -0.250. The molecule has 7 nitrogen and oxygen atoms in total. The zero-order valence-corrected chi connectivity index (χ0v) is 22.1. The third-order valence-corrected chi connectivity index (χ3v) is 7.41. The summed E-state index contributed by atoms with van der Waals surface area (Å²) in [5, 5.41) is 9.05. The van der Waals surface area contributed by atoms with Crippen molar-refractivity contribution in [1.82, 2.24) is 14.7 Å². The highest BCUT2D eigenvalue weighted by Gasteiger charge is 2.23. The average Bonchev–Trinajstić information content (AvgIpc) is 3.49. The van der Waals surface area contributed by atoms with Gasteiger partial charge in [0.15, 0.2) is 0 Å². The van der Waals surface area contributed by atoms with Crippen molar-refractivity contribution in [2.45, 2.75) is 25.7 Å². The number of likely N-dealkylation sites (tertiary alicyclic amines) is 1. The molecule has 2 aliphatic heterocycles. The molecule has 0 bridgehead atoms. The van der Waals surface area contributed by atoms with E-state index in [4.69, 9.17) is 14.6 Å². The molecule has 5 rings (SSSR count). The maximum Gasteiger partial charge on any atom is 0.290 e. The molecule has 7 heteroatoms. The third kappa shape index (κ3) is 7.79. The van der Waals surface area contributed by atoms with Crippen LogP contribution < -0.4 is 4.74 Å². The summed E-state index contributed by atoms with van der Waals surface area (Å²) in [5.74, 6) is 1.12. The van der Waals surface area contributed by atoms with Crippen LogP contribution in [0.3, 0.4) is 0 Å². The van der Waals surface area contributed by atoms with Crippen LogP contribution in [0, 0.1) is 0 Å². The second-order valence-electron chi connectivity index (χ2n) is 9.91. The molecule has 1 amide bonds. The number of nitrogens with zero attached hydrogens (tertiary/aromatic N) is 3. The van der Waals surface area contributed by atoms with E-state index >= 15 is 0 Å². The summed E-state index contributed by atoms with van der Waals surface area (Å²) in [6.45, 7) is 8.64. The number of hydrogen-bond acceptors (Lipinski definition) is 5. The van der Waals surface area contributed by atoms with Gasteiger partial charge >= 0.3 is 0 Å². The fourth-order valence-electron chi connectivity index (χ4n) is 5.28. The van der Waals surface area contributed by atoms with Gasteiger partial charge in [-0.05, 0) is 73.3 Å². The molecule has 0 aliphatic carbocycles. The molecular weight excluding hydrogens is 478 g/mol. The second-order valence-corrected chi connectivity index (χ2v) is 9.91. The molecule has 0 aromatic heterocycles. The third-order valence-electron chi connectivity index (χ3n) is 7.41. The van der Waals surface area contributed by atoms with E-state index in [1.165, 1.54) is 31.5 Å². The molecule has 2 aliphatic rings. The van der Waals surface area contributed by atoms with E-state index < -0.39 is 0 Å². The van der Waals surface area contributed by atoms with E-state index in [9.17, 15) is 4.79 Å². The number of fused-ring (bicyclic) bond motifs is 1. The summed E-state index contributed by atoms with van der Waals surface area (Å²) < 4.78 is 5.94. The summed E-state index contributed by atoms with van der Waals surface area (Å²) in [6, 6.07) is 22.7. The van der Waals surface area contributed by atoms with Gasteiger partial charge in [-0.3, -0.25) is 14.5 Å². The van der Waals surface area contributed by atoms with Crippen LogP contribution >= 0.6 is 0 Å². The van der Waals surface area contributed by atoms with Crippen molar-refractivity contribution in [3.8, 4) is 5.75 Å². The lowest BCUT2D eigenvalue weighted by Gasteiger charge is -2.35. The van der Waals surface area contributed by atoms with Crippen LogP contribution in [0.1, 0.15) is 35.2 Å². The van der Waals surface area contributed by atoms with Crippen molar-refractivity contribution < 1.29 is 19.4 Å². The number of carbonyl (C=O) groups is 2. The number of amides is 1. The molecule has 2 saturated heterocycles. The summed E-state index contributed by atoms with van der Waals surface area (Å²) in [6.07, 6.45) is 4.81. The van der Waals surface area contributed by atoms with Gasteiger partial charge in [-0.2, -0.15) is 0 Å². The Morgan fingerprint density at radius 3 is 2.21 bits per heavy atom. The van der Waals surface area contributed by atoms with Crippen molar-refractivity contribution in [2.75, 3.05) is 59.0 Å². The molecule has 0 spiro atoms. The average molecular weight is 518 g/mol. The summed E-state index contributed by atoms with van der Waals surface area (Å²) in [5.41, 5.74) is 2.15. The van der Waals surface area contributed by atoms with Gasteiger partial charge in [0.2, 0.25) is 0 Å². The van der Waals surface area contributed by atoms with Crippen molar-refractivity contribution in [2.24, 2.45) is 0 Å². The predicted octanol–water partition coefficient (Wildman–Crippen LogP) is 4.41. The van der Waals surface area contributed by atoms with E-state index in [0.717, 1.165) is 80.8 Å². The molecule has 0 saturated carbocycles. The number of rotatable bonds is 9. The maximum absolute atomic E-state index is 13.2. The Hall–Kier alpha value is -3.42. The van der Waals surface area contributed by atoms with Gasteiger partial charge in [-0.1, -0.05) is 48.5 Å². The van der Waals surface area contributed by atoms with Gasteiger partial charge in [0.05, 0.1) is 6.61 Å². The zero-order chi connectivity index (χ0) is 26.6. The number of carboxylic acid groups (broad SMARTS) is 1. The second kappa shape index (κ2) is 14.5. The normalized spacial score (nSPS) is 16.2. The Balaban J connectivity index is 0.00000107. The fourth-order valence-corrected chi connectivity index (χ4v) is 5.28. The number of carbonyl (C=O) groups excluding carboxylic acids is 1. The molecular formula is C31H39N3O4. The van der Waals surface area contributed by atoms with Crippen LogP contribution in [-0.2, 0) is 11.2 Å². The van der Waals surface area contributed by atoms with E-state index in [0.29, 0.717) is 0 Å². The largest absolute Gasteiger partial charge is 0.494 e. The summed E-state index contributed by atoms with van der Waals surface area (Å²) in [7, 11) is 0. The first kappa shape index (κ1) is 27.6. The molecule has 3 aromatic carbocycles. The number of benzene rings is 3. The van der Waals surface area contributed by atoms with Crippen LogP contribution in [0.25, 0.3) is 10.8 Å².